The van der Waals surface area contributed by atoms with Crippen molar-refractivity contribution < 1.29 is 4.42 Å². The summed E-state index contributed by atoms with van der Waals surface area (Å²) in [5, 5.41) is 0. The molecule has 17 heavy (non-hydrogen) atoms. The van der Waals surface area contributed by atoms with E-state index >= 15 is 0 Å². The predicted octanol–water partition coefficient (Wildman–Crippen LogP) is 2.34. The SMILES string of the molecule is CCCCc1nc2cc3oc(=O)[nH]c3cc2[nH]1. The average molecular weight is 231 g/mol. The molecule has 2 heterocycles. The first-order chi connectivity index (χ1) is 8.26. The van der Waals surface area contributed by atoms with Crippen LogP contribution in [0.2, 0.25) is 0 Å². The maximum Gasteiger partial charge on any atom is 0.417 e. The lowest BCUT2D eigenvalue weighted by Crippen LogP contribution is -1.92. The molecule has 2 N–H and O–H groups in total. The molecule has 3 rings (SSSR count). The second-order valence-corrected chi connectivity index (χ2v) is 4.17. The summed E-state index contributed by atoms with van der Waals surface area (Å²) < 4.78 is 5.00. The van der Waals surface area contributed by atoms with Gasteiger partial charge in [0.25, 0.3) is 0 Å². The van der Waals surface area contributed by atoms with Crippen LogP contribution in [0, 0.1) is 0 Å². The van der Waals surface area contributed by atoms with E-state index in [0.717, 1.165) is 36.1 Å². The van der Waals surface area contributed by atoms with Gasteiger partial charge in [-0.05, 0) is 12.5 Å². The van der Waals surface area contributed by atoms with Crippen LogP contribution in [0.1, 0.15) is 25.6 Å². The quantitative estimate of drug-likeness (QED) is 0.726. The number of H-pyrrole nitrogens is 2. The van der Waals surface area contributed by atoms with E-state index < -0.39 is 5.76 Å². The number of aromatic amines is 2. The molecule has 1 aromatic carbocycles. The van der Waals surface area contributed by atoms with Gasteiger partial charge < -0.3 is 9.40 Å². The van der Waals surface area contributed by atoms with Crippen molar-refractivity contribution >= 4 is 22.1 Å². The van der Waals surface area contributed by atoms with E-state index in [1.807, 2.05) is 6.07 Å². The first kappa shape index (κ1) is 10.1. The smallest absolute Gasteiger partial charge is 0.408 e. The molecule has 5 nitrogen and oxygen atoms in total. The summed E-state index contributed by atoms with van der Waals surface area (Å²) in [4.78, 5) is 21.4. The first-order valence-electron chi connectivity index (χ1n) is 5.77. The zero-order valence-electron chi connectivity index (χ0n) is 9.54. The van der Waals surface area contributed by atoms with Gasteiger partial charge in [-0.2, -0.15) is 0 Å². The van der Waals surface area contributed by atoms with Crippen LogP contribution in [-0.4, -0.2) is 15.0 Å². The fraction of sp³-hybridized carbons (Fsp3) is 0.333. The average Bonchev–Trinajstić information content (AvgIpc) is 2.83. The number of aryl methyl sites for hydroxylation is 1. The lowest BCUT2D eigenvalue weighted by Gasteiger charge is -1.90. The van der Waals surface area contributed by atoms with Gasteiger partial charge in [0.15, 0.2) is 5.58 Å². The van der Waals surface area contributed by atoms with Crippen molar-refractivity contribution in [2.75, 3.05) is 0 Å². The summed E-state index contributed by atoms with van der Waals surface area (Å²) in [5.74, 6) is 0.552. The Morgan fingerprint density at radius 3 is 3.00 bits per heavy atom. The number of fused-ring (bicyclic) bond motifs is 2. The van der Waals surface area contributed by atoms with Gasteiger partial charge in [-0.1, -0.05) is 13.3 Å². The molecule has 0 aliphatic carbocycles. The highest BCUT2D eigenvalue weighted by molar-refractivity contribution is 5.89. The van der Waals surface area contributed by atoms with E-state index in [-0.39, 0.29) is 0 Å². The minimum absolute atomic E-state index is 0.432. The van der Waals surface area contributed by atoms with Gasteiger partial charge in [-0.3, -0.25) is 4.98 Å². The molecule has 0 bridgehead atoms. The third-order valence-electron chi connectivity index (χ3n) is 2.84. The van der Waals surface area contributed by atoms with Crippen molar-refractivity contribution in [2.45, 2.75) is 26.2 Å². The van der Waals surface area contributed by atoms with Crippen LogP contribution >= 0.6 is 0 Å². The zero-order valence-corrected chi connectivity index (χ0v) is 9.54. The maximum absolute atomic E-state index is 11.0. The molecule has 0 aliphatic heterocycles. The molecule has 3 aromatic rings. The summed E-state index contributed by atoms with van der Waals surface area (Å²) >= 11 is 0. The van der Waals surface area contributed by atoms with E-state index in [1.54, 1.807) is 6.07 Å². The molecule has 0 saturated carbocycles. The van der Waals surface area contributed by atoms with Crippen LogP contribution in [0.25, 0.3) is 22.1 Å². The first-order valence-corrected chi connectivity index (χ1v) is 5.77. The number of benzene rings is 1. The van der Waals surface area contributed by atoms with Gasteiger partial charge in [0.05, 0.1) is 16.6 Å². The predicted molar refractivity (Wildman–Crippen MR) is 65.1 cm³/mol. The zero-order chi connectivity index (χ0) is 11.8. The monoisotopic (exact) mass is 231 g/mol. The Balaban J connectivity index is 2.12. The van der Waals surface area contributed by atoms with Crippen molar-refractivity contribution in [1.82, 2.24) is 15.0 Å². The third kappa shape index (κ3) is 1.73. The molecule has 0 radical (unpaired) electrons. The van der Waals surface area contributed by atoms with E-state index in [4.69, 9.17) is 4.42 Å². The van der Waals surface area contributed by atoms with Crippen LogP contribution in [0.3, 0.4) is 0 Å². The van der Waals surface area contributed by atoms with E-state index in [9.17, 15) is 4.79 Å². The summed E-state index contributed by atoms with van der Waals surface area (Å²) in [6.07, 6.45) is 3.21. The number of unbranched alkanes of at least 4 members (excludes halogenated alkanes) is 1. The highest BCUT2D eigenvalue weighted by Crippen LogP contribution is 2.19. The number of hydrogen-bond donors (Lipinski definition) is 2. The molecule has 0 saturated heterocycles. The molecular weight excluding hydrogens is 218 g/mol. The summed E-state index contributed by atoms with van der Waals surface area (Å²) in [6.45, 7) is 2.15. The molecule has 5 heteroatoms. The summed E-state index contributed by atoms with van der Waals surface area (Å²) in [5.41, 5.74) is 3.02. The molecule has 0 aliphatic rings. The number of nitrogens with zero attached hydrogens (tertiary/aromatic N) is 1. The van der Waals surface area contributed by atoms with Gasteiger partial charge in [0.1, 0.15) is 5.82 Å². The van der Waals surface area contributed by atoms with Crippen molar-refractivity contribution in [1.29, 1.82) is 0 Å². The Morgan fingerprint density at radius 1 is 1.29 bits per heavy atom. The Bertz CT molecular complexity index is 666. The highest BCUT2D eigenvalue weighted by Gasteiger charge is 2.07. The number of aromatic nitrogens is 3. The molecule has 0 atom stereocenters. The van der Waals surface area contributed by atoms with Gasteiger partial charge in [-0.15, -0.1) is 0 Å². The van der Waals surface area contributed by atoms with Gasteiger partial charge in [0, 0.05) is 12.5 Å². The standard InChI is InChI=1S/C12H13N3O2/c1-2-3-4-11-13-7-5-9-10(6-8(7)14-11)17-12(16)15-9/h5-6H,2-4H2,1H3,(H,13,14)(H,15,16). The Morgan fingerprint density at radius 2 is 2.18 bits per heavy atom. The Labute approximate surface area is 96.9 Å². The molecule has 0 spiro atoms. The molecule has 0 amide bonds. The largest absolute Gasteiger partial charge is 0.417 e. The Hall–Kier alpha value is -2.04. The number of rotatable bonds is 3. The van der Waals surface area contributed by atoms with E-state index in [0.29, 0.717) is 11.1 Å². The highest BCUT2D eigenvalue weighted by atomic mass is 16.4. The van der Waals surface area contributed by atoms with Gasteiger partial charge in [0.2, 0.25) is 0 Å². The summed E-state index contributed by atoms with van der Waals surface area (Å²) in [7, 11) is 0. The minimum Gasteiger partial charge on any atom is -0.408 e. The topological polar surface area (TPSA) is 74.7 Å². The third-order valence-corrected chi connectivity index (χ3v) is 2.84. The lowest BCUT2D eigenvalue weighted by molar-refractivity contribution is 0.555. The van der Waals surface area contributed by atoms with Gasteiger partial charge >= 0.3 is 5.76 Å². The van der Waals surface area contributed by atoms with Crippen molar-refractivity contribution in [3.8, 4) is 0 Å². The van der Waals surface area contributed by atoms with Crippen LogP contribution in [0.4, 0.5) is 0 Å². The molecular formula is C12H13N3O2. The molecule has 2 aromatic heterocycles. The molecule has 0 fully saturated rings. The number of oxazole rings is 1. The molecule has 0 unspecified atom stereocenters. The fourth-order valence-corrected chi connectivity index (χ4v) is 1.97. The fourth-order valence-electron chi connectivity index (χ4n) is 1.97. The number of nitrogens with one attached hydrogen (secondary N) is 2. The lowest BCUT2D eigenvalue weighted by atomic mass is 10.2. The van der Waals surface area contributed by atoms with Gasteiger partial charge in [-0.25, -0.2) is 9.78 Å². The van der Waals surface area contributed by atoms with E-state index in [2.05, 4.69) is 21.9 Å². The summed E-state index contributed by atoms with van der Waals surface area (Å²) in [6, 6.07) is 3.65. The van der Waals surface area contributed by atoms with E-state index in [1.165, 1.54) is 0 Å². The van der Waals surface area contributed by atoms with Crippen LogP contribution < -0.4 is 5.76 Å². The number of hydrogen-bond acceptors (Lipinski definition) is 3. The Kier molecular flexibility index (Phi) is 2.24. The second-order valence-electron chi connectivity index (χ2n) is 4.17. The minimum atomic E-state index is -0.432. The van der Waals surface area contributed by atoms with Crippen molar-refractivity contribution in [3.05, 3.63) is 28.5 Å². The number of imidazole rings is 1. The van der Waals surface area contributed by atoms with Crippen molar-refractivity contribution in [2.24, 2.45) is 0 Å². The van der Waals surface area contributed by atoms with Crippen LogP contribution in [-0.2, 0) is 6.42 Å². The van der Waals surface area contributed by atoms with Crippen molar-refractivity contribution in [3.63, 3.8) is 0 Å². The van der Waals surface area contributed by atoms with Crippen LogP contribution in [0.15, 0.2) is 21.3 Å². The maximum atomic E-state index is 11.0. The van der Waals surface area contributed by atoms with Crippen LogP contribution in [0.5, 0.6) is 0 Å². The second kappa shape index (κ2) is 3.76. The normalized spacial score (nSPS) is 11.6. The molecule has 88 valence electrons.